The van der Waals surface area contributed by atoms with Gasteiger partial charge in [0.25, 0.3) is 0 Å². The van der Waals surface area contributed by atoms with E-state index in [1.807, 2.05) is 24.3 Å². The Hall–Kier alpha value is -6.78. The Balaban J connectivity index is 1.31. The van der Waals surface area contributed by atoms with Crippen molar-refractivity contribution in [2.45, 2.75) is 0 Å². The Labute approximate surface area is 288 Å². The van der Waals surface area contributed by atoms with Crippen molar-refractivity contribution in [3.05, 3.63) is 176 Å². The summed E-state index contributed by atoms with van der Waals surface area (Å²) >= 11 is 0. The first kappa shape index (κ1) is 28.3. The third-order valence-electron chi connectivity index (χ3n) is 9.60. The molecular formula is C46H29N3O. The van der Waals surface area contributed by atoms with Gasteiger partial charge in [-0.2, -0.15) is 0 Å². The first-order chi connectivity index (χ1) is 24.8. The van der Waals surface area contributed by atoms with E-state index in [2.05, 4.69) is 156 Å². The minimum atomic E-state index is 0.674. The molecule has 10 rings (SSSR count). The lowest BCUT2D eigenvalue weighted by Crippen LogP contribution is -1.98. The number of nitrogens with zero attached hydrogens (tertiary/aromatic N) is 3. The average molecular weight is 640 g/mol. The molecule has 0 atom stereocenters. The number of hydrogen-bond acceptors (Lipinski definition) is 3. The van der Waals surface area contributed by atoms with E-state index in [0.29, 0.717) is 5.82 Å². The van der Waals surface area contributed by atoms with Crippen molar-refractivity contribution in [3.8, 4) is 50.7 Å². The zero-order valence-electron chi connectivity index (χ0n) is 27.0. The van der Waals surface area contributed by atoms with Crippen LogP contribution in [0.4, 0.5) is 0 Å². The molecule has 0 saturated heterocycles. The Kier molecular flexibility index (Phi) is 6.46. The van der Waals surface area contributed by atoms with Gasteiger partial charge in [0.2, 0.25) is 0 Å². The van der Waals surface area contributed by atoms with E-state index in [4.69, 9.17) is 14.4 Å². The van der Waals surface area contributed by atoms with Crippen LogP contribution in [-0.4, -0.2) is 14.5 Å². The van der Waals surface area contributed by atoms with E-state index >= 15 is 0 Å². The van der Waals surface area contributed by atoms with Gasteiger partial charge in [0.15, 0.2) is 5.82 Å². The highest BCUT2D eigenvalue weighted by atomic mass is 16.3. The second-order valence-electron chi connectivity index (χ2n) is 12.6. The molecule has 0 unspecified atom stereocenters. The second-order valence-corrected chi connectivity index (χ2v) is 12.6. The summed E-state index contributed by atoms with van der Waals surface area (Å²) in [7, 11) is 0. The van der Waals surface area contributed by atoms with Crippen LogP contribution in [0.25, 0.3) is 94.5 Å². The maximum atomic E-state index is 6.24. The summed E-state index contributed by atoms with van der Waals surface area (Å²) in [5.74, 6) is 0.674. The predicted octanol–water partition coefficient (Wildman–Crippen LogP) is 12.1. The molecule has 0 aliphatic heterocycles. The highest BCUT2D eigenvalue weighted by Gasteiger charge is 2.21. The van der Waals surface area contributed by atoms with Crippen LogP contribution >= 0.6 is 0 Å². The SMILES string of the molecule is c1ccc(-c2cc(-c3ccccc3)nc(-c3cc(-c4ccc5oc6ccccc6c5c4)c4c5ccccc5n(-c5ccccc5)c4c3)n2)cc1. The number of furan rings is 1. The Morgan fingerprint density at radius 1 is 0.400 bits per heavy atom. The van der Waals surface area contributed by atoms with Crippen molar-refractivity contribution in [2.24, 2.45) is 0 Å². The summed E-state index contributed by atoms with van der Waals surface area (Å²) in [5.41, 5.74) is 12.1. The van der Waals surface area contributed by atoms with Crippen molar-refractivity contribution in [3.63, 3.8) is 0 Å². The summed E-state index contributed by atoms with van der Waals surface area (Å²) in [4.78, 5) is 10.5. The zero-order valence-corrected chi connectivity index (χ0v) is 27.0. The van der Waals surface area contributed by atoms with E-state index in [1.165, 1.54) is 10.8 Å². The average Bonchev–Trinajstić information content (AvgIpc) is 3.74. The van der Waals surface area contributed by atoms with Gasteiger partial charge in [0, 0.05) is 43.9 Å². The van der Waals surface area contributed by atoms with Gasteiger partial charge in [-0.3, -0.25) is 0 Å². The van der Waals surface area contributed by atoms with Crippen LogP contribution in [0.15, 0.2) is 180 Å². The summed E-state index contributed by atoms with van der Waals surface area (Å²) in [6.07, 6.45) is 0. The minimum Gasteiger partial charge on any atom is -0.456 e. The highest BCUT2D eigenvalue weighted by Crippen LogP contribution is 2.43. The molecule has 0 radical (unpaired) electrons. The minimum absolute atomic E-state index is 0.674. The zero-order chi connectivity index (χ0) is 33.0. The molecule has 0 fully saturated rings. The highest BCUT2D eigenvalue weighted by molar-refractivity contribution is 6.18. The molecule has 0 N–H and O–H groups in total. The van der Waals surface area contributed by atoms with Crippen molar-refractivity contribution < 1.29 is 4.42 Å². The van der Waals surface area contributed by atoms with Gasteiger partial charge in [-0.25, -0.2) is 9.97 Å². The number of aromatic nitrogens is 3. The predicted molar refractivity (Wildman–Crippen MR) is 205 cm³/mol. The van der Waals surface area contributed by atoms with Crippen LogP contribution in [0.3, 0.4) is 0 Å². The number of para-hydroxylation sites is 3. The van der Waals surface area contributed by atoms with Crippen LogP contribution in [0, 0.1) is 0 Å². The molecule has 50 heavy (non-hydrogen) atoms. The molecule has 4 heteroatoms. The van der Waals surface area contributed by atoms with Crippen molar-refractivity contribution in [2.75, 3.05) is 0 Å². The molecular weight excluding hydrogens is 611 g/mol. The molecule has 0 spiro atoms. The molecule has 0 aliphatic rings. The van der Waals surface area contributed by atoms with E-state index in [0.717, 1.165) is 77.9 Å². The van der Waals surface area contributed by atoms with Crippen LogP contribution in [0.1, 0.15) is 0 Å². The second kappa shape index (κ2) is 11.4. The maximum Gasteiger partial charge on any atom is 0.160 e. The largest absolute Gasteiger partial charge is 0.456 e. The summed E-state index contributed by atoms with van der Waals surface area (Å²) in [6, 6.07) is 61.4. The van der Waals surface area contributed by atoms with Gasteiger partial charge >= 0.3 is 0 Å². The lowest BCUT2D eigenvalue weighted by Gasteiger charge is -2.13. The van der Waals surface area contributed by atoms with E-state index in [1.54, 1.807) is 0 Å². The first-order valence-electron chi connectivity index (χ1n) is 16.8. The van der Waals surface area contributed by atoms with Gasteiger partial charge in [-0.05, 0) is 65.7 Å². The standard InChI is InChI=1S/C46H29N3O/c1-4-14-30(15-5-1)39-29-40(31-16-6-2-7-17-31)48-46(47-39)33-27-37(32-24-25-44-38(26-32)35-20-11-13-23-43(35)50-44)45-36-21-10-12-22-41(36)49(42(45)28-33)34-18-8-3-9-19-34/h1-29H. The number of benzene rings is 7. The Morgan fingerprint density at radius 2 is 1.00 bits per heavy atom. The molecule has 3 heterocycles. The molecule has 0 saturated carbocycles. The van der Waals surface area contributed by atoms with Gasteiger partial charge < -0.3 is 8.98 Å². The van der Waals surface area contributed by atoms with Gasteiger partial charge in [-0.1, -0.05) is 121 Å². The molecule has 0 bridgehead atoms. The van der Waals surface area contributed by atoms with Crippen molar-refractivity contribution >= 4 is 43.7 Å². The number of hydrogen-bond donors (Lipinski definition) is 0. The quantitative estimate of drug-likeness (QED) is 0.188. The molecule has 4 nitrogen and oxygen atoms in total. The topological polar surface area (TPSA) is 43.9 Å². The number of rotatable bonds is 5. The first-order valence-corrected chi connectivity index (χ1v) is 16.8. The third kappa shape index (κ3) is 4.61. The summed E-state index contributed by atoms with van der Waals surface area (Å²) in [6.45, 7) is 0. The van der Waals surface area contributed by atoms with Crippen LogP contribution in [-0.2, 0) is 0 Å². The van der Waals surface area contributed by atoms with Crippen molar-refractivity contribution in [1.29, 1.82) is 0 Å². The summed E-state index contributed by atoms with van der Waals surface area (Å²) in [5, 5.41) is 4.57. The molecule has 234 valence electrons. The maximum absolute atomic E-state index is 6.24. The van der Waals surface area contributed by atoms with Gasteiger partial charge in [-0.15, -0.1) is 0 Å². The fraction of sp³-hybridized carbons (Fsp3) is 0. The monoisotopic (exact) mass is 639 g/mol. The molecule has 3 aromatic heterocycles. The van der Waals surface area contributed by atoms with Crippen LogP contribution < -0.4 is 0 Å². The van der Waals surface area contributed by atoms with Crippen molar-refractivity contribution in [1.82, 2.24) is 14.5 Å². The molecule has 10 aromatic rings. The Morgan fingerprint density at radius 3 is 1.72 bits per heavy atom. The Bertz CT molecular complexity index is 2800. The third-order valence-corrected chi connectivity index (χ3v) is 9.60. The normalized spacial score (nSPS) is 11.6. The van der Waals surface area contributed by atoms with Gasteiger partial charge in [0.1, 0.15) is 11.2 Å². The fourth-order valence-corrected chi connectivity index (χ4v) is 7.29. The molecule has 0 aliphatic carbocycles. The van der Waals surface area contributed by atoms with E-state index in [-0.39, 0.29) is 0 Å². The lowest BCUT2D eigenvalue weighted by atomic mass is 9.95. The van der Waals surface area contributed by atoms with E-state index < -0.39 is 0 Å². The van der Waals surface area contributed by atoms with Gasteiger partial charge in [0.05, 0.1) is 22.4 Å². The molecule has 7 aromatic carbocycles. The smallest absolute Gasteiger partial charge is 0.160 e. The number of fused-ring (bicyclic) bond motifs is 6. The lowest BCUT2D eigenvalue weighted by molar-refractivity contribution is 0.669. The molecule has 0 amide bonds. The van der Waals surface area contributed by atoms with Crippen LogP contribution in [0.5, 0.6) is 0 Å². The van der Waals surface area contributed by atoms with E-state index in [9.17, 15) is 0 Å². The van der Waals surface area contributed by atoms with Crippen LogP contribution in [0.2, 0.25) is 0 Å². The fourth-order valence-electron chi connectivity index (χ4n) is 7.29. The summed E-state index contributed by atoms with van der Waals surface area (Å²) < 4.78 is 8.61.